The molecule has 2 aromatic rings. The average Bonchev–Trinajstić information content (AvgIpc) is 3.27. The van der Waals surface area contributed by atoms with Gasteiger partial charge >= 0.3 is 0 Å². The molecule has 154 valence electrons. The van der Waals surface area contributed by atoms with Gasteiger partial charge in [-0.1, -0.05) is 47.7 Å². The summed E-state index contributed by atoms with van der Waals surface area (Å²) < 4.78 is 11.2. The van der Waals surface area contributed by atoms with Gasteiger partial charge in [-0.15, -0.1) is 0 Å². The molecule has 2 amide bonds. The lowest BCUT2D eigenvalue weighted by atomic mass is 10.2. The number of nitrogens with zero attached hydrogens (tertiary/aromatic N) is 1. The molecule has 2 heterocycles. The van der Waals surface area contributed by atoms with E-state index >= 15 is 0 Å². The first-order valence-corrected chi connectivity index (χ1v) is 10.8. The van der Waals surface area contributed by atoms with Crippen LogP contribution >= 0.6 is 35.6 Å². The lowest BCUT2D eigenvalue weighted by molar-refractivity contribution is -0.122. The number of hydrogen-bond acceptors (Lipinski definition) is 6. The lowest BCUT2D eigenvalue weighted by Gasteiger charge is -2.14. The number of carbonyl (C=O) groups excluding carboxylic acids is 2. The summed E-state index contributed by atoms with van der Waals surface area (Å²) in [4.78, 5) is 26.9. The summed E-state index contributed by atoms with van der Waals surface area (Å²) in [5, 5.41) is 3.35. The van der Waals surface area contributed by atoms with Crippen LogP contribution < -0.4 is 14.8 Å². The molecule has 4 rings (SSSR count). The molecule has 1 N–H and O–H groups in total. The molecular weight excluding hydrogens is 444 g/mol. The number of rotatable bonds is 6. The van der Waals surface area contributed by atoms with Gasteiger partial charge in [0, 0.05) is 23.7 Å². The lowest BCUT2D eigenvalue weighted by Crippen LogP contribution is -2.29. The van der Waals surface area contributed by atoms with Crippen LogP contribution in [0.25, 0.3) is 6.08 Å². The molecule has 0 spiro atoms. The fraction of sp³-hybridized carbons (Fsp3) is 0.190. The van der Waals surface area contributed by atoms with Crippen molar-refractivity contribution < 1.29 is 19.1 Å². The highest BCUT2D eigenvalue weighted by Gasteiger charge is 2.31. The monoisotopic (exact) mass is 460 g/mol. The van der Waals surface area contributed by atoms with Crippen molar-refractivity contribution in [3.63, 3.8) is 0 Å². The number of amides is 2. The fourth-order valence-corrected chi connectivity index (χ4v) is 4.53. The highest BCUT2D eigenvalue weighted by atomic mass is 35.5. The molecule has 0 atom stereocenters. The van der Waals surface area contributed by atoms with E-state index in [-0.39, 0.29) is 25.0 Å². The summed E-state index contributed by atoms with van der Waals surface area (Å²) in [6, 6.07) is 12.5. The summed E-state index contributed by atoms with van der Waals surface area (Å²) in [6.45, 7) is 0.581. The SMILES string of the molecule is O=C(CCCN1C(=O)/C(=C/c2ccc3c(c2)OCO3)SC1=S)Nc1cccc(Cl)c1. The molecule has 6 nitrogen and oxygen atoms in total. The van der Waals surface area contributed by atoms with Gasteiger partial charge in [0.05, 0.1) is 4.91 Å². The zero-order chi connectivity index (χ0) is 21.1. The quantitative estimate of drug-likeness (QED) is 0.498. The van der Waals surface area contributed by atoms with E-state index in [1.54, 1.807) is 30.3 Å². The van der Waals surface area contributed by atoms with Gasteiger partial charge in [0.1, 0.15) is 4.32 Å². The van der Waals surface area contributed by atoms with Crippen LogP contribution in [-0.4, -0.2) is 34.4 Å². The number of ether oxygens (including phenoxy) is 2. The number of halogens is 1. The third kappa shape index (κ3) is 4.77. The highest BCUT2D eigenvalue weighted by Crippen LogP contribution is 2.36. The smallest absolute Gasteiger partial charge is 0.266 e. The molecule has 9 heteroatoms. The van der Waals surface area contributed by atoms with Crippen molar-refractivity contribution in [1.82, 2.24) is 4.90 Å². The van der Waals surface area contributed by atoms with E-state index in [0.717, 1.165) is 5.56 Å². The van der Waals surface area contributed by atoms with Crippen molar-refractivity contribution in [2.24, 2.45) is 0 Å². The number of nitrogens with one attached hydrogen (secondary N) is 1. The second kappa shape index (κ2) is 9.07. The van der Waals surface area contributed by atoms with E-state index in [1.165, 1.54) is 16.7 Å². The fourth-order valence-electron chi connectivity index (χ4n) is 3.03. The molecule has 0 bridgehead atoms. The molecule has 30 heavy (non-hydrogen) atoms. The number of fused-ring (bicyclic) bond motifs is 1. The molecule has 1 fully saturated rings. The van der Waals surface area contributed by atoms with Crippen molar-refractivity contribution >= 4 is 63.5 Å². The van der Waals surface area contributed by atoms with E-state index in [1.807, 2.05) is 18.2 Å². The molecule has 0 unspecified atom stereocenters. The summed E-state index contributed by atoms with van der Waals surface area (Å²) >= 11 is 12.5. The minimum absolute atomic E-state index is 0.140. The number of hydrogen-bond donors (Lipinski definition) is 1. The third-order valence-electron chi connectivity index (χ3n) is 4.46. The summed E-state index contributed by atoms with van der Waals surface area (Å²) in [5.74, 6) is 1.05. The highest BCUT2D eigenvalue weighted by molar-refractivity contribution is 8.26. The topological polar surface area (TPSA) is 67.9 Å². The van der Waals surface area contributed by atoms with Gasteiger partial charge in [0.25, 0.3) is 5.91 Å². The van der Waals surface area contributed by atoms with E-state index in [2.05, 4.69) is 5.32 Å². The summed E-state index contributed by atoms with van der Waals surface area (Å²) in [6.07, 6.45) is 2.55. The van der Waals surface area contributed by atoms with Gasteiger partial charge in [-0.25, -0.2) is 0 Å². The van der Waals surface area contributed by atoms with Crippen LogP contribution in [0.1, 0.15) is 18.4 Å². The van der Waals surface area contributed by atoms with Gasteiger partial charge in [-0.3, -0.25) is 14.5 Å². The Bertz CT molecular complexity index is 1060. The third-order valence-corrected chi connectivity index (χ3v) is 6.07. The van der Waals surface area contributed by atoms with Crippen LogP contribution in [-0.2, 0) is 9.59 Å². The second-order valence-corrected chi connectivity index (χ2v) is 8.72. The van der Waals surface area contributed by atoms with Crippen molar-refractivity contribution in [3.8, 4) is 11.5 Å². The number of anilines is 1. The molecule has 2 aliphatic heterocycles. The minimum atomic E-state index is -0.155. The predicted molar refractivity (Wildman–Crippen MR) is 122 cm³/mol. The van der Waals surface area contributed by atoms with Crippen LogP contribution in [0.15, 0.2) is 47.4 Å². The largest absolute Gasteiger partial charge is 0.454 e. The zero-order valence-electron chi connectivity index (χ0n) is 15.7. The van der Waals surface area contributed by atoms with Crippen LogP contribution in [0.4, 0.5) is 5.69 Å². The standard InChI is InChI=1S/C21H17ClN2O4S2/c22-14-3-1-4-15(11-14)23-19(25)5-2-8-24-20(26)18(30-21(24)29)10-13-6-7-16-17(9-13)28-12-27-16/h1,3-4,6-7,9-11H,2,5,8,12H2,(H,23,25)/b18-10-. The second-order valence-electron chi connectivity index (χ2n) is 6.61. The molecular formula is C21H17ClN2O4S2. The molecule has 0 saturated carbocycles. The van der Waals surface area contributed by atoms with E-state index in [0.29, 0.717) is 44.4 Å². The normalized spacial score (nSPS) is 16.4. The molecule has 2 aliphatic rings. The van der Waals surface area contributed by atoms with Crippen LogP contribution in [0.2, 0.25) is 5.02 Å². The van der Waals surface area contributed by atoms with Crippen LogP contribution in [0.3, 0.4) is 0 Å². The average molecular weight is 461 g/mol. The van der Waals surface area contributed by atoms with Crippen molar-refractivity contribution in [2.75, 3.05) is 18.7 Å². The Kier molecular flexibility index (Phi) is 6.26. The van der Waals surface area contributed by atoms with Crippen molar-refractivity contribution in [3.05, 3.63) is 58.0 Å². The molecule has 0 aliphatic carbocycles. The first-order chi connectivity index (χ1) is 14.5. The van der Waals surface area contributed by atoms with Crippen LogP contribution in [0.5, 0.6) is 11.5 Å². The minimum Gasteiger partial charge on any atom is -0.454 e. The van der Waals surface area contributed by atoms with Crippen LogP contribution in [0, 0.1) is 0 Å². The molecule has 0 radical (unpaired) electrons. The number of thiocarbonyl (C=S) groups is 1. The van der Waals surface area contributed by atoms with Gasteiger partial charge in [0.2, 0.25) is 12.7 Å². The predicted octanol–water partition coefficient (Wildman–Crippen LogP) is 4.69. The first kappa shape index (κ1) is 20.7. The Morgan fingerprint density at radius 2 is 2.07 bits per heavy atom. The van der Waals surface area contributed by atoms with Crippen molar-refractivity contribution in [2.45, 2.75) is 12.8 Å². The van der Waals surface area contributed by atoms with E-state index in [9.17, 15) is 9.59 Å². The maximum absolute atomic E-state index is 12.7. The summed E-state index contributed by atoms with van der Waals surface area (Å²) in [5.41, 5.74) is 1.48. The van der Waals surface area contributed by atoms with E-state index < -0.39 is 0 Å². The van der Waals surface area contributed by atoms with Gasteiger partial charge in [-0.2, -0.15) is 0 Å². The Hall–Kier alpha value is -2.55. The Morgan fingerprint density at radius 3 is 2.90 bits per heavy atom. The Balaban J connectivity index is 1.32. The van der Waals surface area contributed by atoms with Gasteiger partial charge in [0.15, 0.2) is 11.5 Å². The number of thioether (sulfide) groups is 1. The van der Waals surface area contributed by atoms with E-state index in [4.69, 9.17) is 33.3 Å². The maximum atomic E-state index is 12.7. The summed E-state index contributed by atoms with van der Waals surface area (Å²) in [7, 11) is 0. The molecule has 2 aromatic carbocycles. The van der Waals surface area contributed by atoms with Gasteiger partial charge < -0.3 is 14.8 Å². The van der Waals surface area contributed by atoms with Gasteiger partial charge in [-0.05, 0) is 48.4 Å². The van der Waals surface area contributed by atoms with Crippen molar-refractivity contribution in [1.29, 1.82) is 0 Å². The molecule has 0 aromatic heterocycles. The molecule has 1 saturated heterocycles. The Labute approximate surface area is 188 Å². The maximum Gasteiger partial charge on any atom is 0.266 e. The number of carbonyl (C=O) groups is 2. The first-order valence-electron chi connectivity index (χ1n) is 9.20. The number of benzene rings is 2. The Morgan fingerprint density at radius 1 is 1.23 bits per heavy atom. The zero-order valence-corrected chi connectivity index (χ0v) is 18.1.